The van der Waals surface area contributed by atoms with Gasteiger partial charge in [0, 0.05) is 30.2 Å². The number of carboxylic acid groups (broad SMARTS) is 1. The summed E-state index contributed by atoms with van der Waals surface area (Å²) in [5.41, 5.74) is 0. The Balaban J connectivity index is 1.75. The molecule has 0 saturated carbocycles. The maximum atomic E-state index is 12.3. The first kappa shape index (κ1) is 17.7. The number of hydrogen-bond acceptors (Lipinski definition) is 4. The number of ether oxygens (including phenoxy) is 1. The predicted octanol–water partition coefficient (Wildman–Crippen LogP) is 2.75. The van der Waals surface area contributed by atoms with Gasteiger partial charge >= 0.3 is 5.97 Å². The van der Waals surface area contributed by atoms with Crippen LogP contribution in [0.2, 0.25) is 0 Å². The van der Waals surface area contributed by atoms with Crippen LogP contribution in [0.4, 0.5) is 0 Å². The van der Waals surface area contributed by atoms with Gasteiger partial charge in [0.05, 0.1) is 13.0 Å². The number of carbonyl (C=O) groups is 2. The van der Waals surface area contributed by atoms with Gasteiger partial charge < -0.3 is 14.7 Å². The molecule has 1 saturated heterocycles. The first-order valence-corrected chi connectivity index (χ1v) is 8.77. The minimum Gasteiger partial charge on any atom is -0.497 e. The molecule has 23 heavy (non-hydrogen) atoms. The molecule has 5 nitrogen and oxygen atoms in total. The Hall–Kier alpha value is -1.69. The molecule has 1 fully saturated rings. The minimum atomic E-state index is -0.750. The second-order valence-electron chi connectivity index (χ2n) is 5.82. The van der Waals surface area contributed by atoms with Crippen molar-refractivity contribution in [3.8, 4) is 5.75 Å². The van der Waals surface area contributed by atoms with Crippen molar-refractivity contribution in [1.29, 1.82) is 0 Å². The van der Waals surface area contributed by atoms with E-state index in [-0.39, 0.29) is 17.7 Å². The number of thioether (sulfide) groups is 1. The number of piperidine rings is 1. The average Bonchev–Trinajstić information content (AvgIpc) is 2.55. The Kier molecular flexibility index (Phi) is 6.33. The molecule has 1 amide bonds. The summed E-state index contributed by atoms with van der Waals surface area (Å²) in [6.07, 6.45) is 1.02. The first-order chi connectivity index (χ1) is 11.0. The summed E-state index contributed by atoms with van der Waals surface area (Å²) >= 11 is 1.64. The van der Waals surface area contributed by atoms with Gasteiger partial charge in [-0.3, -0.25) is 9.59 Å². The van der Waals surface area contributed by atoms with Gasteiger partial charge in [0.2, 0.25) is 5.91 Å². The minimum absolute atomic E-state index is 0.0134. The molecule has 1 aromatic carbocycles. The van der Waals surface area contributed by atoms with E-state index in [0.29, 0.717) is 25.9 Å². The zero-order valence-electron chi connectivity index (χ0n) is 13.5. The number of likely N-dealkylation sites (tertiary alicyclic amines) is 1. The number of nitrogens with zero attached hydrogens (tertiary/aromatic N) is 1. The lowest BCUT2D eigenvalue weighted by Gasteiger charge is -2.35. The van der Waals surface area contributed by atoms with Crippen molar-refractivity contribution in [2.24, 2.45) is 11.8 Å². The monoisotopic (exact) mass is 337 g/mol. The molecule has 1 aliphatic rings. The van der Waals surface area contributed by atoms with Crippen LogP contribution in [0, 0.1) is 11.8 Å². The fourth-order valence-corrected chi connectivity index (χ4v) is 3.67. The zero-order chi connectivity index (χ0) is 16.8. The van der Waals surface area contributed by atoms with Gasteiger partial charge in [0.25, 0.3) is 0 Å². The molecule has 6 heteroatoms. The third kappa shape index (κ3) is 4.89. The predicted molar refractivity (Wildman–Crippen MR) is 89.8 cm³/mol. The summed E-state index contributed by atoms with van der Waals surface area (Å²) in [6.45, 7) is 3.00. The average molecular weight is 337 g/mol. The van der Waals surface area contributed by atoms with E-state index in [2.05, 4.69) is 0 Å². The van der Waals surface area contributed by atoms with Crippen LogP contribution in [-0.2, 0) is 9.59 Å². The maximum Gasteiger partial charge on any atom is 0.306 e. The van der Waals surface area contributed by atoms with E-state index in [9.17, 15) is 9.59 Å². The van der Waals surface area contributed by atoms with E-state index < -0.39 is 5.97 Å². The van der Waals surface area contributed by atoms with E-state index >= 15 is 0 Å². The van der Waals surface area contributed by atoms with Crippen LogP contribution >= 0.6 is 11.8 Å². The standard InChI is InChI=1S/C17H23NO4S/c1-12-11-18(9-7-15(12)17(20)21)16(19)8-10-23-14-5-3-13(22-2)4-6-14/h3-6,12,15H,7-11H2,1-2H3,(H,20,21). The number of aliphatic carboxylic acids is 1. The van der Waals surface area contributed by atoms with Gasteiger partial charge in [0.15, 0.2) is 0 Å². The van der Waals surface area contributed by atoms with Crippen molar-refractivity contribution in [2.75, 3.05) is 26.0 Å². The highest BCUT2D eigenvalue weighted by atomic mass is 32.2. The van der Waals surface area contributed by atoms with Crippen LogP contribution in [0.5, 0.6) is 5.75 Å². The van der Waals surface area contributed by atoms with Crippen molar-refractivity contribution in [3.63, 3.8) is 0 Å². The molecule has 0 aliphatic carbocycles. The molecule has 1 N–H and O–H groups in total. The number of carboxylic acids is 1. The van der Waals surface area contributed by atoms with Crippen molar-refractivity contribution in [2.45, 2.75) is 24.7 Å². The third-order valence-electron chi connectivity index (χ3n) is 4.22. The number of methoxy groups -OCH3 is 1. The fraction of sp³-hybridized carbons (Fsp3) is 0.529. The third-order valence-corrected chi connectivity index (χ3v) is 5.23. The molecule has 1 aliphatic heterocycles. The summed E-state index contributed by atoms with van der Waals surface area (Å²) in [7, 11) is 1.63. The second kappa shape index (κ2) is 8.24. The molecule has 2 rings (SSSR count). The SMILES string of the molecule is COc1ccc(SCCC(=O)N2CCC(C(=O)O)C(C)C2)cc1. The topological polar surface area (TPSA) is 66.8 Å². The van der Waals surface area contributed by atoms with Gasteiger partial charge in [-0.15, -0.1) is 11.8 Å². The Morgan fingerprint density at radius 2 is 2.04 bits per heavy atom. The van der Waals surface area contributed by atoms with Gasteiger partial charge in [-0.1, -0.05) is 6.92 Å². The summed E-state index contributed by atoms with van der Waals surface area (Å²) in [4.78, 5) is 26.3. The fourth-order valence-electron chi connectivity index (χ4n) is 2.83. The lowest BCUT2D eigenvalue weighted by molar-refractivity contribution is -0.148. The molecule has 2 unspecified atom stereocenters. The quantitative estimate of drug-likeness (QED) is 0.809. The summed E-state index contributed by atoms with van der Waals surface area (Å²) in [6, 6.07) is 7.77. The largest absolute Gasteiger partial charge is 0.497 e. The van der Waals surface area contributed by atoms with Crippen LogP contribution in [0.25, 0.3) is 0 Å². The molecule has 126 valence electrons. The molecule has 0 aromatic heterocycles. The molecule has 1 heterocycles. The van der Waals surface area contributed by atoms with Crippen molar-refractivity contribution < 1.29 is 19.4 Å². The number of benzene rings is 1. The van der Waals surface area contributed by atoms with E-state index in [4.69, 9.17) is 9.84 Å². The number of amides is 1. The van der Waals surface area contributed by atoms with Crippen LogP contribution in [0.15, 0.2) is 29.2 Å². The Bertz CT molecular complexity index is 546. The van der Waals surface area contributed by atoms with Crippen molar-refractivity contribution >= 4 is 23.6 Å². The van der Waals surface area contributed by atoms with Gasteiger partial charge in [-0.2, -0.15) is 0 Å². The molecular weight excluding hydrogens is 314 g/mol. The maximum absolute atomic E-state index is 12.3. The molecule has 0 spiro atoms. The second-order valence-corrected chi connectivity index (χ2v) is 6.99. The number of hydrogen-bond donors (Lipinski definition) is 1. The molecule has 0 bridgehead atoms. The van der Waals surface area contributed by atoms with Crippen molar-refractivity contribution in [1.82, 2.24) is 4.90 Å². The Labute approximate surface area is 141 Å². The normalized spacial score (nSPS) is 21.0. The lowest BCUT2D eigenvalue weighted by atomic mass is 9.87. The van der Waals surface area contributed by atoms with Crippen LogP contribution in [0.1, 0.15) is 19.8 Å². The number of carbonyl (C=O) groups excluding carboxylic acids is 1. The van der Waals surface area contributed by atoms with Crippen molar-refractivity contribution in [3.05, 3.63) is 24.3 Å². The molecule has 2 atom stereocenters. The Morgan fingerprint density at radius 3 is 2.61 bits per heavy atom. The molecular formula is C17H23NO4S. The van der Waals surface area contributed by atoms with Gasteiger partial charge in [0.1, 0.15) is 5.75 Å². The summed E-state index contributed by atoms with van der Waals surface area (Å²) < 4.78 is 5.11. The highest BCUT2D eigenvalue weighted by Crippen LogP contribution is 2.25. The summed E-state index contributed by atoms with van der Waals surface area (Å²) in [5.74, 6) is 0.590. The van der Waals surface area contributed by atoms with E-state index in [0.717, 1.165) is 16.4 Å². The van der Waals surface area contributed by atoms with E-state index in [1.807, 2.05) is 31.2 Å². The van der Waals surface area contributed by atoms with E-state index in [1.54, 1.807) is 23.8 Å². The van der Waals surface area contributed by atoms with Gasteiger partial charge in [-0.05, 0) is 36.6 Å². The summed E-state index contributed by atoms with van der Waals surface area (Å²) in [5, 5.41) is 9.12. The highest BCUT2D eigenvalue weighted by Gasteiger charge is 2.32. The Morgan fingerprint density at radius 1 is 1.35 bits per heavy atom. The van der Waals surface area contributed by atoms with E-state index in [1.165, 1.54) is 0 Å². The molecule has 1 aromatic rings. The number of rotatable bonds is 6. The zero-order valence-corrected chi connectivity index (χ0v) is 14.3. The lowest BCUT2D eigenvalue weighted by Crippen LogP contribution is -2.45. The first-order valence-electron chi connectivity index (χ1n) is 7.78. The van der Waals surface area contributed by atoms with Gasteiger partial charge in [-0.25, -0.2) is 0 Å². The van der Waals surface area contributed by atoms with Crippen LogP contribution in [-0.4, -0.2) is 47.8 Å². The molecule has 0 radical (unpaired) electrons. The van der Waals surface area contributed by atoms with Crippen LogP contribution < -0.4 is 4.74 Å². The van der Waals surface area contributed by atoms with Crippen LogP contribution in [0.3, 0.4) is 0 Å². The highest BCUT2D eigenvalue weighted by molar-refractivity contribution is 7.99. The smallest absolute Gasteiger partial charge is 0.306 e.